The molecule has 2 aromatic heterocycles. The predicted octanol–water partition coefficient (Wildman–Crippen LogP) is 11.2. The fraction of sp³-hybridized carbons (Fsp3) is 0.128. The maximum absolute atomic E-state index is 4.96. The number of rotatable bonds is 7. The molecule has 1 aliphatic heterocycles. The Bertz CT molecular complexity index is 2470. The molecule has 0 saturated carbocycles. The van der Waals surface area contributed by atoms with Crippen LogP contribution in [0.5, 0.6) is 0 Å². The number of fused-ring (bicyclic) bond motifs is 4. The molecule has 0 saturated heterocycles. The highest BCUT2D eigenvalue weighted by molar-refractivity contribution is 6.09. The van der Waals surface area contributed by atoms with E-state index < -0.39 is 5.41 Å². The van der Waals surface area contributed by atoms with Crippen LogP contribution in [-0.4, -0.2) is 23.3 Å². The lowest BCUT2D eigenvalue weighted by Gasteiger charge is -2.37. The average molecular weight is 661 g/mol. The number of nitrogens with zero attached hydrogens (tertiary/aromatic N) is 4. The Labute approximate surface area is 299 Å². The molecule has 3 heterocycles. The Hall–Kier alpha value is -6.13. The molecule has 9 rings (SSSR count). The second kappa shape index (κ2) is 12.3. The van der Waals surface area contributed by atoms with Crippen molar-refractivity contribution in [3.63, 3.8) is 0 Å². The maximum Gasteiger partial charge on any atom is 0.137 e. The Morgan fingerprint density at radius 2 is 1.18 bits per heavy atom. The van der Waals surface area contributed by atoms with Gasteiger partial charge in [-0.25, -0.2) is 4.98 Å². The van der Waals surface area contributed by atoms with E-state index in [1.54, 1.807) is 0 Å². The first-order valence-electron chi connectivity index (χ1n) is 17.8. The maximum atomic E-state index is 4.96. The summed E-state index contributed by atoms with van der Waals surface area (Å²) in [4.78, 5) is 9.71. The molecular formula is C47H40N4. The van der Waals surface area contributed by atoms with Gasteiger partial charge >= 0.3 is 0 Å². The zero-order chi connectivity index (χ0) is 34.5. The van der Waals surface area contributed by atoms with Crippen molar-refractivity contribution in [1.29, 1.82) is 0 Å². The van der Waals surface area contributed by atoms with Crippen molar-refractivity contribution < 1.29 is 0 Å². The Kier molecular flexibility index (Phi) is 7.47. The van der Waals surface area contributed by atoms with Crippen LogP contribution in [0.4, 0.5) is 17.1 Å². The minimum atomic E-state index is -0.619. The summed E-state index contributed by atoms with van der Waals surface area (Å²) in [6.45, 7) is 5.27. The van der Waals surface area contributed by atoms with E-state index in [1.807, 2.05) is 6.20 Å². The third-order valence-corrected chi connectivity index (χ3v) is 10.7. The van der Waals surface area contributed by atoms with Gasteiger partial charge in [0.05, 0.1) is 34.5 Å². The van der Waals surface area contributed by atoms with Gasteiger partial charge in [0.25, 0.3) is 0 Å². The van der Waals surface area contributed by atoms with Crippen molar-refractivity contribution in [3.8, 4) is 5.82 Å². The smallest absolute Gasteiger partial charge is 0.137 e. The third-order valence-electron chi connectivity index (χ3n) is 10.7. The lowest BCUT2D eigenvalue weighted by molar-refractivity contribution is 0.745. The summed E-state index contributed by atoms with van der Waals surface area (Å²) < 4.78 is 2.36. The van der Waals surface area contributed by atoms with Crippen LogP contribution in [0.3, 0.4) is 0 Å². The van der Waals surface area contributed by atoms with Gasteiger partial charge in [0.15, 0.2) is 0 Å². The lowest BCUT2D eigenvalue weighted by atomic mass is 9.65. The number of hydrogen-bond acceptors (Lipinski definition) is 3. The molecule has 1 aliphatic rings. The Morgan fingerprint density at radius 1 is 0.549 bits per heavy atom. The molecule has 0 amide bonds. The second-order valence-corrected chi connectivity index (χ2v) is 14.0. The van der Waals surface area contributed by atoms with Gasteiger partial charge in [0.2, 0.25) is 0 Å². The van der Waals surface area contributed by atoms with Crippen LogP contribution in [0.15, 0.2) is 170 Å². The van der Waals surface area contributed by atoms with Gasteiger partial charge in [-0.15, -0.1) is 0 Å². The van der Waals surface area contributed by atoms with Gasteiger partial charge in [-0.3, -0.25) is 4.57 Å². The van der Waals surface area contributed by atoms with E-state index in [2.05, 4.69) is 199 Å². The van der Waals surface area contributed by atoms with Crippen LogP contribution in [0.2, 0.25) is 0 Å². The molecule has 0 radical (unpaired) electrons. The van der Waals surface area contributed by atoms with Crippen molar-refractivity contribution in [3.05, 3.63) is 198 Å². The topological polar surface area (TPSA) is 24.3 Å². The first kappa shape index (κ1) is 30.9. The fourth-order valence-corrected chi connectivity index (χ4v) is 8.25. The molecule has 6 aromatic carbocycles. The van der Waals surface area contributed by atoms with Crippen LogP contribution in [0.25, 0.3) is 27.6 Å². The summed E-state index contributed by atoms with van der Waals surface area (Å²) >= 11 is 0. The number of benzene rings is 6. The summed E-state index contributed by atoms with van der Waals surface area (Å²) in [7, 11) is 2.17. The highest BCUT2D eigenvalue weighted by atomic mass is 15.4. The standard InChI is InChI=1S/C47H40N4/c1-33(2)34-27-28-48-46(29-34)51-42-22-11-10-21-40(42)41-26-25-38(31-45(41)51)47(35-15-6-4-7-16-35,36-17-8-5-9-18-36)37-19-14-20-39(30-37)50-32-49(3)43-23-12-13-24-44(43)50/h4-31,33H,32H2,1-3H3. The normalized spacial score (nSPS) is 13.0. The number of anilines is 3. The van der Waals surface area contributed by atoms with E-state index in [0.717, 1.165) is 23.5 Å². The molecule has 4 heteroatoms. The molecule has 248 valence electrons. The van der Waals surface area contributed by atoms with Gasteiger partial charge in [0, 0.05) is 29.7 Å². The van der Waals surface area contributed by atoms with Gasteiger partial charge < -0.3 is 9.80 Å². The summed E-state index contributed by atoms with van der Waals surface area (Å²) in [5, 5.41) is 2.44. The van der Waals surface area contributed by atoms with E-state index in [-0.39, 0.29) is 0 Å². The molecule has 0 aliphatic carbocycles. The van der Waals surface area contributed by atoms with Crippen molar-refractivity contribution in [1.82, 2.24) is 9.55 Å². The van der Waals surface area contributed by atoms with E-state index in [0.29, 0.717) is 5.92 Å². The molecule has 0 N–H and O–H groups in total. The summed E-state index contributed by atoms with van der Waals surface area (Å²) in [6.07, 6.45) is 1.95. The first-order chi connectivity index (χ1) is 25.0. The van der Waals surface area contributed by atoms with Crippen molar-refractivity contribution in [2.75, 3.05) is 23.5 Å². The average Bonchev–Trinajstić information content (AvgIpc) is 3.70. The molecule has 0 unspecified atom stereocenters. The van der Waals surface area contributed by atoms with Crippen molar-refractivity contribution in [2.24, 2.45) is 0 Å². The summed E-state index contributed by atoms with van der Waals surface area (Å²) in [5.74, 6) is 1.34. The van der Waals surface area contributed by atoms with Crippen LogP contribution < -0.4 is 9.80 Å². The minimum Gasteiger partial charge on any atom is -0.355 e. The number of pyridine rings is 1. The fourth-order valence-electron chi connectivity index (χ4n) is 8.25. The Balaban J connectivity index is 1.35. The molecule has 0 fully saturated rings. The molecule has 0 spiro atoms. The molecule has 0 bridgehead atoms. The van der Waals surface area contributed by atoms with E-state index in [9.17, 15) is 0 Å². The van der Waals surface area contributed by atoms with Gasteiger partial charge in [-0.1, -0.05) is 129 Å². The van der Waals surface area contributed by atoms with Crippen LogP contribution in [0.1, 0.15) is 47.6 Å². The van der Waals surface area contributed by atoms with Crippen molar-refractivity contribution in [2.45, 2.75) is 25.2 Å². The number of hydrogen-bond donors (Lipinski definition) is 0. The summed E-state index contributed by atoms with van der Waals surface area (Å²) in [6, 6.07) is 60.1. The van der Waals surface area contributed by atoms with Gasteiger partial charge in [0.1, 0.15) is 5.82 Å². The largest absolute Gasteiger partial charge is 0.355 e. The SMILES string of the molecule is CC(C)c1ccnc(-n2c3ccccc3c3ccc(C(c4ccccc4)(c4ccccc4)c4cccc(N5CN(C)c6ccccc65)c4)cc32)c1. The van der Waals surface area contributed by atoms with Gasteiger partial charge in [-0.05, 0) is 82.3 Å². The zero-order valence-corrected chi connectivity index (χ0v) is 29.2. The zero-order valence-electron chi connectivity index (χ0n) is 29.2. The predicted molar refractivity (Wildman–Crippen MR) is 213 cm³/mol. The van der Waals surface area contributed by atoms with Crippen LogP contribution in [0, 0.1) is 0 Å². The van der Waals surface area contributed by atoms with Crippen LogP contribution >= 0.6 is 0 Å². The van der Waals surface area contributed by atoms with Crippen molar-refractivity contribution >= 4 is 38.9 Å². The Morgan fingerprint density at radius 3 is 1.92 bits per heavy atom. The summed E-state index contributed by atoms with van der Waals surface area (Å²) in [5.41, 5.74) is 11.4. The first-order valence-corrected chi connectivity index (χ1v) is 17.8. The highest BCUT2D eigenvalue weighted by Crippen LogP contribution is 2.48. The molecule has 4 nitrogen and oxygen atoms in total. The van der Waals surface area contributed by atoms with Gasteiger partial charge in [-0.2, -0.15) is 0 Å². The third kappa shape index (κ3) is 4.93. The molecule has 51 heavy (non-hydrogen) atoms. The quantitative estimate of drug-likeness (QED) is 0.159. The van der Waals surface area contributed by atoms with E-state index in [1.165, 1.54) is 55.7 Å². The highest BCUT2D eigenvalue weighted by Gasteiger charge is 2.39. The lowest BCUT2D eigenvalue weighted by Crippen LogP contribution is -2.31. The monoisotopic (exact) mass is 660 g/mol. The molecular weight excluding hydrogens is 621 g/mol. The second-order valence-electron chi connectivity index (χ2n) is 14.0. The number of para-hydroxylation sites is 3. The van der Waals surface area contributed by atoms with E-state index >= 15 is 0 Å². The minimum absolute atomic E-state index is 0.397. The molecule has 0 atom stereocenters. The number of aromatic nitrogens is 2. The van der Waals surface area contributed by atoms with E-state index in [4.69, 9.17) is 4.98 Å². The van der Waals surface area contributed by atoms with Crippen LogP contribution in [-0.2, 0) is 5.41 Å². The molecule has 8 aromatic rings.